The van der Waals surface area contributed by atoms with Crippen molar-refractivity contribution in [2.45, 2.75) is 44.6 Å². The Labute approximate surface area is 161 Å². The van der Waals surface area contributed by atoms with Crippen LogP contribution >= 0.6 is 31.9 Å². The minimum atomic E-state index is 0.426. The van der Waals surface area contributed by atoms with E-state index in [1.807, 2.05) is 0 Å². The van der Waals surface area contributed by atoms with Crippen LogP contribution in [0.5, 0.6) is 0 Å². The van der Waals surface area contributed by atoms with E-state index < -0.39 is 0 Å². The van der Waals surface area contributed by atoms with E-state index in [0.29, 0.717) is 12.0 Å². The predicted molar refractivity (Wildman–Crippen MR) is 108 cm³/mol. The molecule has 1 aromatic carbocycles. The lowest BCUT2D eigenvalue weighted by Crippen LogP contribution is -2.41. The van der Waals surface area contributed by atoms with Gasteiger partial charge in [-0.05, 0) is 102 Å². The molecule has 0 spiro atoms. The van der Waals surface area contributed by atoms with Crippen LogP contribution in [0.15, 0.2) is 38.9 Å². The topological polar surface area (TPSA) is 24.1 Å². The second-order valence-electron chi connectivity index (χ2n) is 7.33. The minimum Gasteiger partial charge on any atom is -0.383 e. The molecule has 24 heavy (non-hydrogen) atoms. The van der Waals surface area contributed by atoms with Crippen LogP contribution in [0.2, 0.25) is 0 Å². The lowest BCUT2D eigenvalue weighted by molar-refractivity contribution is 0.287. The quantitative estimate of drug-likeness (QED) is 0.632. The molecule has 1 fully saturated rings. The smallest absolute Gasteiger partial charge is 0.0543 e. The number of piperidine rings is 1. The molecule has 2 N–H and O–H groups in total. The first kappa shape index (κ1) is 16.9. The fourth-order valence-corrected chi connectivity index (χ4v) is 6.02. The van der Waals surface area contributed by atoms with Gasteiger partial charge in [0.15, 0.2) is 0 Å². The van der Waals surface area contributed by atoms with Gasteiger partial charge in [0.25, 0.3) is 0 Å². The molecule has 1 saturated heterocycles. The molecule has 128 valence electrons. The molecule has 0 aromatic heterocycles. The number of dihydropyridines is 1. The highest BCUT2D eigenvalue weighted by molar-refractivity contribution is 9.12. The summed E-state index contributed by atoms with van der Waals surface area (Å²) >= 11 is 7.57. The van der Waals surface area contributed by atoms with Crippen molar-refractivity contribution in [2.75, 3.05) is 13.1 Å². The third-order valence-corrected chi connectivity index (χ3v) is 6.86. The summed E-state index contributed by atoms with van der Waals surface area (Å²) in [7, 11) is 0. The number of allylic oxidation sites excluding steroid dienone is 2. The first-order valence-corrected chi connectivity index (χ1v) is 10.5. The first-order valence-electron chi connectivity index (χ1n) is 8.95. The van der Waals surface area contributed by atoms with Crippen LogP contribution in [-0.4, -0.2) is 19.1 Å². The predicted octanol–water partition coefficient (Wildman–Crippen LogP) is 4.92. The Morgan fingerprint density at radius 1 is 1.08 bits per heavy atom. The summed E-state index contributed by atoms with van der Waals surface area (Å²) in [5, 5.41) is 7.25. The van der Waals surface area contributed by atoms with Crippen molar-refractivity contribution in [1.82, 2.24) is 10.6 Å². The average molecular weight is 452 g/mol. The Hall–Kier alpha value is -0.580. The number of benzene rings is 1. The Morgan fingerprint density at radius 3 is 2.67 bits per heavy atom. The number of fused-ring (bicyclic) bond motifs is 2. The minimum absolute atomic E-state index is 0.426. The fourth-order valence-electron chi connectivity index (χ4n) is 4.71. The maximum atomic E-state index is 3.92. The molecular weight excluding hydrogens is 428 g/mol. The number of halogens is 2. The van der Waals surface area contributed by atoms with Crippen LogP contribution in [0.1, 0.15) is 41.9 Å². The van der Waals surface area contributed by atoms with Gasteiger partial charge in [-0.1, -0.05) is 22.0 Å². The van der Waals surface area contributed by atoms with Gasteiger partial charge in [-0.15, -0.1) is 0 Å². The van der Waals surface area contributed by atoms with E-state index in [-0.39, 0.29) is 0 Å². The molecule has 4 heteroatoms. The summed E-state index contributed by atoms with van der Waals surface area (Å²) in [4.78, 5) is 0. The highest BCUT2D eigenvalue weighted by atomic mass is 79.9. The lowest BCUT2D eigenvalue weighted by Gasteiger charge is -2.39. The van der Waals surface area contributed by atoms with E-state index in [1.165, 1.54) is 27.4 Å². The normalized spacial score (nSPS) is 27.3. The molecule has 0 radical (unpaired) electrons. The van der Waals surface area contributed by atoms with Crippen molar-refractivity contribution >= 4 is 31.9 Å². The molecule has 2 aliphatic heterocycles. The van der Waals surface area contributed by atoms with Gasteiger partial charge < -0.3 is 10.6 Å². The maximum Gasteiger partial charge on any atom is 0.0543 e. The van der Waals surface area contributed by atoms with Crippen molar-refractivity contribution in [3.05, 3.63) is 55.6 Å². The molecule has 2 atom stereocenters. The van der Waals surface area contributed by atoms with Gasteiger partial charge in [0.1, 0.15) is 0 Å². The number of hydrogen-bond donors (Lipinski definition) is 2. The zero-order valence-electron chi connectivity index (χ0n) is 14.0. The van der Waals surface area contributed by atoms with Crippen LogP contribution in [0.25, 0.3) is 0 Å². The zero-order valence-corrected chi connectivity index (χ0v) is 17.2. The Balaban J connectivity index is 1.83. The van der Waals surface area contributed by atoms with Crippen LogP contribution in [0.3, 0.4) is 0 Å². The van der Waals surface area contributed by atoms with E-state index in [2.05, 4.69) is 73.8 Å². The van der Waals surface area contributed by atoms with Gasteiger partial charge in [-0.25, -0.2) is 0 Å². The van der Waals surface area contributed by atoms with E-state index >= 15 is 0 Å². The first-order chi connectivity index (χ1) is 11.6. The van der Waals surface area contributed by atoms with Gasteiger partial charge in [-0.2, -0.15) is 0 Å². The summed E-state index contributed by atoms with van der Waals surface area (Å²) in [5.74, 6) is 1.27. The van der Waals surface area contributed by atoms with Crippen LogP contribution in [-0.2, 0) is 6.42 Å². The van der Waals surface area contributed by atoms with Crippen molar-refractivity contribution in [3.63, 3.8) is 0 Å². The Kier molecular flexibility index (Phi) is 4.90. The molecule has 1 unspecified atom stereocenters. The second-order valence-corrected chi connectivity index (χ2v) is 9.10. The molecule has 2 nitrogen and oxygen atoms in total. The number of rotatable bonds is 1. The van der Waals surface area contributed by atoms with Crippen LogP contribution < -0.4 is 10.6 Å². The molecule has 1 aliphatic carbocycles. The molecule has 3 aliphatic rings. The summed E-state index contributed by atoms with van der Waals surface area (Å²) in [6.07, 6.45) is 9.30. The van der Waals surface area contributed by atoms with Crippen molar-refractivity contribution in [2.24, 2.45) is 5.92 Å². The zero-order chi connectivity index (χ0) is 16.7. The van der Waals surface area contributed by atoms with E-state index in [4.69, 9.17) is 0 Å². The van der Waals surface area contributed by atoms with Gasteiger partial charge in [0, 0.05) is 21.1 Å². The lowest BCUT2D eigenvalue weighted by atomic mass is 9.73. The van der Waals surface area contributed by atoms with Crippen molar-refractivity contribution in [3.8, 4) is 0 Å². The maximum absolute atomic E-state index is 3.92. The monoisotopic (exact) mass is 450 g/mol. The second kappa shape index (κ2) is 6.97. The molecular formula is C20H24Br2N2. The van der Waals surface area contributed by atoms with Crippen molar-refractivity contribution < 1.29 is 0 Å². The molecule has 0 amide bonds. The number of hydrogen-bond acceptors (Lipinski definition) is 2. The SMILES string of the molecule is Cc1cc(Br)c2c(c1)CCC1=CC(Br)=CNC1[C@@H]2C1CCNCC1. The Morgan fingerprint density at radius 2 is 1.88 bits per heavy atom. The largest absolute Gasteiger partial charge is 0.383 e. The van der Waals surface area contributed by atoms with Crippen LogP contribution in [0.4, 0.5) is 0 Å². The third-order valence-electron chi connectivity index (χ3n) is 5.75. The summed E-state index contributed by atoms with van der Waals surface area (Å²) < 4.78 is 2.47. The summed E-state index contributed by atoms with van der Waals surface area (Å²) in [6, 6.07) is 5.14. The van der Waals surface area contributed by atoms with Gasteiger partial charge in [-0.3, -0.25) is 0 Å². The average Bonchev–Trinajstić information content (AvgIpc) is 2.72. The molecule has 2 heterocycles. The summed E-state index contributed by atoms with van der Waals surface area (Å²) in [5.41, 5.74) is 6.00. The molecule has 0 saturated carbocycles. The van der Waals surface area contributed by atoms with Gasteiger partial charge in [0.05, 0.1) is 6.04 Å². The van der Waals surface area contributed by atoms with Crippen LogP contribution in [0, 0.1) is 12.8 Å². The van der Waals surface area contributed by atoms with E-state index in [0.717, 1.165) is 31.8 Å². The highest BCUT2D eigenvalue weighted by Crippen LogP contribution is 2.46. The van der Waals surface area contributed by atoms with Crippen molar-refractivity contribution in [1.29, 1.82) is 0 Å². The van der Waals surface area contributed by atoms with E-state index in [9.17, 15) is 0 Å². The highest BCUT2D eigenvalue weighted by Gasteiger charge is 2.38. The Bertz CT molecular complexity index is 702. The summed E-state index contributed by atoms with van der Waals surface area (Å²) in [6.45, 7) is 4.49. The standard InChI is InChI=1S/C20H24Br2N2/c1-12-8-14-2-3-15-10-16(21)11-24-20(15)19(18(14)17(22)9-12)13-4-6-23-7-5-13/h8-11,13,19-20,23-24H,2-7H2,1H3/t19-,20?/m1/s1. The fraction of sp³-hybridized carbons (Fsp3) is 0.500. The molecule has 4 rings (SSSR count). The number of nitrogens with one attached hydrogen (secondary N) is 2. The molecule has 1 aromatic rings. The number of aryl methyl sites for hydroxylation is 2. The van der Waals surface area contributed by atoms with E-state index in [1.54, 1.807) is 16.7 Å². The third kappa shape index (κ3) is 3.13. The van der Waals surface area contributed by atoms with Gasteiger partial charge >= 0.3 is 0 Å². The van der Waals surface area contributed by atoms with Gasteiger partial charge in [0.2, 0.25) is 0 Å². The molecule has 0 bridgehead atoms.